The molecule has 0 amide bonds. The minimum absolute atomic E-state index is 0.0888. The highest BCUT2D eigenvalue weighted by Crippen LogP contribution is 2.47. The molecule has 2 atom stereocenters. The van der Waals surface area contributed by atoms with Gasteiger partial charge in [-0.15, -0.1) is 0 Å². The third-order valence-corrected chi connectivity index (χ3v) is 4.87. The molecule has 0 heterocycles. The van der Waals surface area contributed by atoms with Crippen LogP contribution in [0.3, 0.4) is 0 Å². The third kappa shape index (κ3) is 1.72. The number of hydrogen-bond acceptors (Lipinski definition) is 2. The minimum Gasteiger partial charge on any atom is -0.392 e. The Labute approximate surface area is 92.4 Å². The summed E-state index contributed by atoms with van der Waals surface area (Å²) in [6.45, 7) is 4.38. The van der Waals surface area contributed by atoms with Crippen LogP contribution in [0.15, 0.2) is 0 Å². The van der Waals surface area contributed by atoms with Gasteiger partial charge in [0.05, 0.1) is 6.10 Å². The second-order valence-electron chi connectivity index (χ2n) is 6.49. The molecule has 0 aromatic heterocycles. The van der Waals surface area contributed by atoms with Crippen LogP contribution in [0.1, 0.15) is 46.0 Å². The van der Waals surface area contributed by atoms with Gasteiger partial charge in [0.25, 0.3) is 0 Å². The van der Waals surface area contributed by atoms with Crippen molar-refractivity contribution in [2.75, 3.05) is 0 Å². The van der Waals surface area contributed by atoms with E-state index in [0.29, 0.717) is 6.04 Å². The summed E-state index contributed by atoms with van der Waals surface area (Å²) in [5, 5.41) is 13.6. The van der Waals surface area contributed by atoms with Crippen LogP contribution in [-0.2, 0) is 0 Å². The fraction of sp³-hybridized carbons (Fsp3) is 1.00. The van der Waals surface area contributed by atoms with Crippen molar-refractivity contribution < 1.29 is 5.11 Å². The van der Waals surface area contributed by atoms with E-state index in [9.17, 15) is 5.11 Å². The number of aliphatic hydroxyl groups is 1. The normalized spacial score (nSPS) is 39.2. The maximum atomic E-state index is 9.73. The summed E-state index contributed by atoms with van der Waals surface area (Å²) in [6, 6.07) is 1.33. The maximum Gasteiger partial charge on any atom is 0.0621 e. The van der Waals surface area contributed by atoms with Gasteiger partial charge in [0, 0.05) is 17.5 Å². The van der Waals surface area contributed by atoms with E-state index < -0.39 is 0 Å². The van der Waals surface area contributed by atoms with Gasteiger partial charge in [0.1, 0.15) is 0 Å². The van der Waals surface area contributed by atoms with E-state index in [4.69, 9.17) is 0 Å². The van der Waals surface area contributed by atoms with E-state index in [1.54, 1.807) is 0 Å². The molecule has 0 bridgehead atoms. The molecule has 3 saturated carbocycles. The predicted molar refractivity (Wildman–Crippen MR) is 60.6 cm³/mol. The Kier molecular flexibility index (Phi) is 2.16. The molecule has 0 radical (unpaired) electrons. The van der Waals surface area contributed by atoms with Crippen molar-refractivity contribution in [3.05, 3.63) is 0 Å². The SMILES string of the molecule is CC1(C)C(O)CC1NC(C1CC1)C1CC1. The maximum absolute atomic E-state index is 9.73. The molecule has 2 N–H and O–H groups in total. The van der Waals surface area contributed by atoms with Gasteiger partial charge >= 0.3 is 0 Å². The molecule has 0 saturated heterocycles. The van der Waals surface area contributed by atoms with Crippen LogP contribution in [0.25, 0.3) is 0 Å². The van der Waals surface area contributed by atoms with Crippen LogP contribution >= 0.6 is 0 Å². The molecule has 2 heteroatoms. The predicted octanol–water partition coefficient (Wildman–Crippen LogP) is 1.92. The summed E-state index contributed by atoms with van der Waals surface area (Å²) >= 11 is 0. The number of aliphatic hydroxyl groups excluding tert-OH is 1. The average molecular weight is 209 g/mol. The zero-order valence-electron chi connectivity index (χ0n) is 9.87. The number of nitrogens with one attached hydrogen (secondary N) is 1. The topological polar surface area (TPSA) is 32.3 Å². The summed E-state index contributed by atoms with van der Waals surface area (Å²) in [4.78, 5) is 0. The van der Waals surface area contributed by atoms with Crippen molar-refractivity contribution in [2.45, 2.75) is 64.1 Å². The van der Waals surface area contributed by atoms with Crippen molar-refractivity contribution in [1.82, 2.24) is 5.32 Å². The van der Waals surface area contributed by atoms with Gasteiger partial charge in [-0.2, -0.15) is 0 Å². The van der Waals surface area contributed by atoms with E-state index in [1.165, 1.54) is 25.7 Å². The Bertz CT molecular complexity index is 243. The summed E-state index contributed by atoms with van der Waals surface area (Å²) in [6.07, 6.45) is 6.61. The third-order valence-electron chi connectivity index (χ3n) is 4.87. The van der Waals surface area contributed by atoms with Crippen molar-refractivity contribution in [3.63, 3.8) is 0 Å². The average Bonchev–Trinajstić information content (AvgIpc) is 3.01. The molecule has 0 aromatic carbocycles. The van der Waals surface area contributed by atoms with Gasteiger partial charge in [-0.1, -0.05) is 13.8 Å². The Morgan fingerprint density at radius 2 is 1.67 bits per heavy atom. The molecule has 0 aromatic rings. The summed E-state index contributed by atoms with van der Waals surface area (Å²) in [5.41, 5.74) is 0.0992. The van der Waals surface area contributed by atoms with Crippen molar-refractivity contribution in [1.29, 1.82) is 0 Å². The van der Waals surface area contributed by atoms with Crippen LogP contribution in [0.2, 0.25) is 0 Å². The Morgan fingerprint density at radius 3 is 2.00 bits per heavy atom. The molecule has 3 fully saturated rings. The fourth-order valence-corrected chi connectivity index (χ4v) is 2.99. The monoisotopic (exact) mass is 209 g/mol. The summed E-state index contributed by atoms with van der Waals surface area (Å²) in [7, 11) is 0. The molecule has 86 valence electrons. The first-order chi connectivity index (χ1) is 7.09. The molecule has 2 nitrogen and oxygen atoms in total. The summed E-state index contributed by atoms with van der Waals surface area (Å²) < 4.78 is 0. The van der Waals surface area contributed by atoms with E-state index in [0.717, 1.165) is 24.3 Å². The van der Waals surface area contributed by atoms with Gasteiger partial charge in [0.15, 0.2) is 0 Å². The van der Waals surface area contributed by atoms with Crippen LogP contribution < -0.4 is 5.32 Å². The Balaban J connectivity index is 1.59. The van der Waals surface area contributed by atoms with Crippen LogP contribution in [0, 0.1) is 17.3 Å². The second kappa shape index (κ2) is 3.21. The van der Waals surface area contributed by atoms with Crippen molar-refractivity contribution in [2.24, 2.45) is 17.3 Å². The number of rotatable bonds is 4. The molecule has 2 unspecified atom stereocenters. The quantitative estimate of drug-likeness (QED) is 0.741. The zero-order chi connectivity index (χ0) is 10.6. The van der Waals surface area contributed by atoms with Crippen LogP contribution in [-0.4, -0.2) is 23.3 Å². The lowest BCUT2D eigenvalue weighted by molar-refractivity contribution is -0.0774. The smallest absolute Gasteiger partial charge is 0.0621 e. The Morgan fingerprint density at radius 1 is 1.13 bits per heavy atom. The van der Waals surface area contributed by atoms with E-state index >= 15 is 0 Å². The second-order valence-corrected chi connectivity index (χ2v) is 6.49. The van der Waals surface area contributed by atoms with Gasteiger partial charge in [-0.05, 0) is 43.9 Å². The van der Waals surface area contributed by atoms with Crippen LogP contribution in [0.5, 0.6) is 0 Å². The molecule has 3 rings (SSSR count). The first-order valence-electron chi connectivity index (χ1n) is 6.53. The van der Waals surface area contributed by atoms with Gasteiger partial charge in [-0.25, -0.2) is 0 Å². The van der Waals surface area contributed by atoms with E-state index in [2.05, 4.69) is 19.2 Å². The van der Waals surface area contributed by atoms with E-state index in [1.807, 2.05) is 0 Å². The lowest BCUT2D eigenvalue weighted by Gasteiger charge is -2.51. The molecule has 0 aliphatic heterocycles. The molecule has 0 spiro atoms. The van der Waals surface area contributed by atoms with Crippen molar-refractivity contribution in [3.8, 4) is 0 Å². The largest absolute Gasteiger partial charge is 0.392 e. The minimum atomic E-state index is -0.0888. The lowest BCUT2D eigenvalue weighted by atomic mass is 9.64. The fourth-order valence-electron chi connectivity index (χ4n) is 2.99. The van der Waals surface area contributed by atoms with Crippen molar-refractivity contribution >= 4 is 0 Å². The van der Waals surface area contributed by atoms with Gasteiger partial charge in [0.2, 0.25) is 0 Å². The van der Waals surface area contributed by atoms with Gasteiger partial charge < -0.3 is 10.4 Å². The molecular weight excluding hydrogens is 186 g/mol. The molecule has 3 aliphatic rings. The van der Waals surface area contributed by atoms with Crippen LogP contribution in [0.4, 0.5) is 0 Å². The van der Waals surface area contributed by atoms with Gasteiger partial charge in [-0.3, -0.25) is 0 Å². The molecule has 15 heavy (non-hydrogen) atoms. The highest BCUT2D eigenvalue weighted by molar-refractivity contribution is 5.06. The zero-order valence-corrected chi connectivity index (χ0v) is 9.87. The Hall–Kier alpha value is -0.0800. The number of hydrogen-bond donors (Lipinski definition) is 2. The highest BCUT2D eigenvalue weighted by Gasteiger charge is 2.51. The molecule has 3 aliphatic carbocycles. The standard InChI is InChI=1S/C13H23NO/c1-13(2)10(7-11(13)15)14-12(8-3-4-8)9-5-6-9/h8-12,14-15H,3-7H2,1-2H3. The first-order valence-corrected chi connectivity index (χ1v) is 6.53. The first kappa shape index (κ1) is 10.1. The lowest BCUT2D eigenvalue weighted by Crippen LogP contribution is -2.62. The highest BCUT2D eigenvalue weighted by atomic mass is 16.3. The molecular formula is C13H23NO. The van der Waals surface area contributed by atoms with E-state index in [-0.39, 0.29) is 11.5 Å². The summed E-state index contributed by atoms with van der Waals surface area (Å²) in [5.74, 6) is 1.93.